The highest BCUT2D eigenvalue weighted by molar-refractivity contribution is 4.80. The van der Waals surface area contributed by atoms with Crippen LogP contribution in [-0.4, -0.2) is 25.3 Å². The molecule has 0 radical (unpaired) electrons. The summed E-state index contributed by atoms with van der Waals surface area (Å²) in [4.78, 5) is 0. The van der Waals surface area contributed by atoms with E-state index in [1.165, 1.54) is 19.3 Å². The molecule has 2 heteroatoms. The lowest BCUT2D eigenvalue weighted by atomic mass is 9.98. The molecular weight excluding hydrogens is 186 g/mol. The first-order valence-electron chi connectivity index (χ1n) is 6.22. The van der Waals surface area contributed by atoms with E-state index < -0.39 is 0 Å². The van der Waals surface area contributed by atoms with Gasteiger partial charge in [0, 0.05) is 18.7 Å². The highest BCUT2D eigenvalue weighted by Gasteiger charge is 2.23. The zero-order valence-electron chi connectivity index (χ0n) is 10.2. The van der Waals surface area contributed by atoms with Crippen LogP contribution in [0, 0.1) is 5.92 Å². The molecule has 1 aliphatic heterocycles. The van der Waals surface area contributed by atoms with Gasteiger partial charge in [-0.25, -0.2) is 0 Å². The van der Waals surface area contributed by atoms with Gasteiger partial charge in [-0.05, 0) is 38.5 Å². The molecule has 15 heavy (non-hydrogen) atoms. The maximum absolute atomic E-state index is 5.42. The number of nitrogens with one attached hydrogen (secondary N) is 1. The summed E-state index contributed by atoms with van der Waals surface area (Å²) in [6.07, 6.45) is 6.74. The van der Waals surface area contributed by atoms with Crippen LogP contribution in [0.1, 0.15) is 39.5 Å². The van der Waals surface area contributed by atoms with Crippen molar-refractivity contribution in [2.45, 2.75) is 51.6 Å². The second-order valence-electron chi connectivity index (χ2n) is 4.55. The minimum absolute atomic E-state index is 0.585. The molecule has 1 heterocycles. The molecule has 0 aromatic heterocycles. The molecule has 1 saturated heterocycles. The van der Waals surface area contributed by atoms with Crippen LogP contribution in [0.4, 0.5) is 0 Å². The third-order valence-corrected chi connectivity index (χ3v) is 3.38. The van der Waals surface area contributed by atoms with Crippen molar-refractivity contribution < 1.29 is 4.74 Å². The van der Waals surface area contributed by atoms with Crippen molar-refractivity contribution in [3.63, 3.8) is 0 Å². The minimum Gasteiger partial charge on any atom is -0.381 e. The van der Waals surface area contributed by atoms with Crippen LogP contribution in [0.5, 0.6) is 0 Å². The van der Waals surface area contributed by atoms with Crippen molar-refractivity contribution in [1.82, 2.24) is 5.32 Å². The minimum atomic E-state index is 0.585. The van der Waals surface area contributed by atoms with Crippen LogP contribution < -0.4 is 5.32 Å². The lowest BCUT2D eigenvalue weighted by molar-refractivity contribution is 0.176. The summed E-state index contributed by atoms with van der Waals surface area (Å²) in [5, 5.41) is 3.72. The first-order valence-corrected chi connectivity index (χ1v) is 6.22. The Kier molecular flexibility index (Phi) is 5.96. The number of ether oxygens (including phenoxy) is 1. The number of rotatable bonds is 7. The van der Waals surface area contributed by atoms with Gasteiger partial charge in [0.2, 0.25) is 0 Å². The monoisotopic (exact) mass is 211 g/mol. The Morgan fingerprint density at radius 2 is 2.40 bits per heavy atom. The largest absolute Gasteiger partial charge is 0.381 e. The van der Waals surface area contributed by atoms with E-state index >= 15 is 0 Å². The predicted octanol–water partition coefficient (Wildman–Crippen LogP) is 2.75. The fourth-order valence-corrected chi connectivity index (χ4v) is 2.18. The summed E-state index contributed by atoms with van der Waals surface area (Å²) >= 11 is 0. The van der Waals surface area contributed by atoms with Crippen LogP contribution in [0.25, 0.3) is 0 Å². The van der Waals surface area contributed by atoms with E-state index in [4.69, 9.17) is 4.74 Å². The average molecular weight is 211 g/mol. The van der Waals surface area contributed by atoms with E-state index in [2.05, 4.69) is 25.7 Å². The SMILES string of the molecule is C=CCCC(CC)NC(C)C1CCOC1. The van der Waals surface area contributed by atoms with Crippen LogP contribution in [0.3, 0.4) is 0 Å². The van der Waals surface area contributed by atoms with Crippen molar-refractivity contribution in [2.24, 2.45) is 5.92 Å². The van der Waals surface area contributed by atoms with Crippen LogP contribution >= 0.6 is 0 Å². The average Bonchev–Trinajstić information content (AvgIpc) is 2.77. The molecule has 1 aliphatic rings. The topological polar surface area (TPSA) is 21.3 Å². The Hall–Kier alpha value is -0.340. The van der Waals surface area contributed by atoms with Gasteiger partial charge in [-0.3, -0.25) is 0 Å². The Balaban J connectivity index is 2.26. The molecule has 0 aromatic carbocycles. The van der Waals surface area contributed by atoms with E-state index in [-0.39, 0.29) is 0 Å². The predicted molar refractivity (Wildman–Crippen MR) is 65.0 cm³/mol. The molecular formula is C13H25NO. The molecule has 0 bridgehead atoms. The lowest BCUT2D eigenvalue weighted by Crippen LogP contribution is -2.40. The first kappa shape index (κ1) is 12.7. The third kappa shape index (κ3) is 4.35. The van der Waals surface area contributed by atoms with Gasteiger partial charge in [-0.2, -0.15) is 0 Å². The van der Waals surface area contributed by atoms with Crippen molar-refractivity contribution in [3.05, 3.63) is 12.7 Å². The van der Waals surface area contributed by atoms with Gasteiger partial charge in [-0.15, -0.1) is 6.58 Å². The summed E-state index contributed by atoms with van der Waals surface area (Å²) in [7, 11) is 0. The molecule has 0 amide bonds. The molecule has 1 fully saturated rings. The van der Waals surface area contributed by atoms with Crippen LogP contribution in [0.2, 0.25) is 0 Å². The molecule has 88 valence electrons. The second-order valence-corrected chi connectivity index (χ2v) is 4.55. The fraction of sp³-hybridized carbons (Fsp3) is 0.846. The Bertz CT molecular complexity index is 175. The standard InChI is InChI=1S/C13H25NO/c1-4-6-7-13(5-2)14-11(3)12-8-9-15-10-12/h4,11-14H,1,5-10H2,2-3H3. The summed E-state index contributed by atoms with van der Waals surface area (Å²) < 4.78 is 5.42. The Morgan fingerprint density at radius 1 is 1.60 bits per heavy atom. The van der Waals surface area contributed by atoms with E-state index in [0.29, 0.717) is 18.0 Å². The first-order chi connectivity index (χ1) is 7.27. The smallest absolute Gasteiger partial charge is 0.0509 e. The third-order valence-electron chi connectivity index (χ3n) is 3.38. The highest BCUT2D eigenvalue weighted by atomic mass is 16.5. The van der Waals surface area contributed by atoms with E-state index in [1.807, 2.05) is 6.08 Å². The van der Waals surface area contributed by atoms with Crippen molar-refractivity contribution in [2.75, 3.05) is 13.2 Å². The van der Waals surface area contributed by atoms with Gasteiger partial charge in [0.15, 0.2) is 0 Å². The maximum atomic E-state index is 5.42. The van der Waals surface area contributed by atoms with Gasteiger partial charge >= 0.3 is 0 Å². The van der Waals surface area contributed by atoms with Crippen LogP contribution in [0.15, 0.2) is 12.7 Å². The van der Waals surface area contributed by atoms with E-state index in [0.717, 1.165) is 19.6 Å². The molecule has 0 aliphatic carbocycles. The molecule has 0 saturated carbocycles. The normalized spacial score (nSPS) is 25.1. The second kappa shape index (κ2) is 7.02. The molecule has 3 atom stereocenters. The molecule has 2 nitrogen and oxygen atoms in total. The van der Waals surface area contributed by atoms with Crippen molar-refractivity contribution in [1.29, 1.82) is 0 Å². The Labute approximate surface area is 94.1 Å². The summed E-state index contributed by atoms with van der Waals surface area (Å²) in [6.45, 7) is 10.2. The summed E-state index contributed by atoms with van der Waals surface area (Å²) in [5.74, 6) is 0.711. The summed E-state index contributed by atoms with van der Waals surface area (Å²) in [5.41, 5.74) is 0. The summed E-state index contributed by atoms with van der Waals surface area (Å²) in [6, 6.07) is 1.22. The maximum Gasteiger partial charge on any atom is 0.0509 e. The number of hydrogen-bond acceptors (Lipinski definition) is 2. The van der Waals surface area contributed by atoms with Gasteiger partial charge < -0.3 is 10.1 Å². The molecule has 1 N–H and O–H groups in total. The molecule has 0 aromatic rings. The zero-order valence-corrected chi connectivity index (χ0v) is 10.2. The fourth-order valence-electron chi connectivity index (χ4n) is 2.18. The Morgan fingerprint density at radius 3 is 2.93 bits per heavy atom. The quantitative estimate of drug-likeness (QED) is 0.654. The van der Waals surface area contributed by atoms with E-state index in [9.17, 15) is 0 Å². The highest BCUT2D eigenvalue weighted by Crippen LogP contribution is 2.17. The van der Waals surface area contributed by atoms with Gasteiger partial charge in [0.1, 0.15) is 0 Å². The van der Waals surface area contributed by atoms with Crippen molar-refractivity contribution >= 4 is 0 Å². The van der Waals surface area contributed by atoms with E-state index in [1.54, 1.807) is 0 Å². The molecule has 1 rings (SSSR count). The molecule has 0 spiro atoms. The van der Waals surface area contributed by atoms with Crippen molar-refractivity contribution in [3.8, 4) is 0 Å². The van der Waals surface area contributed by atoms with Gasteiger partial charge in [0.05, 0.1) is 6.61 Å². The van der Waals surface area contributed by atoms with Gasteiger partial charge in [-0.1, -0.05) is 13.0 Å². The number of allylic oxidation sites excluding steroid dienone is 1. The van der Waals surface area contributed by atoms with Gasteiger partial charge in [0.25, 0.3) is 0 Å². The van der Waals surface area contributed by atoms with Crippen LogP contribution in [-0.2, 0) is 4.74 Å². The molecule has 3 unspecified atom stereocenters. The zero-order chi connectivity index (χ0) is 11.1. The number of hydrogen-bond donors (Lipinski definition) is 1. The lowest BCUT2D eigenvalue weighted by Gasteiger charge is -2.25.